The summed E-state index contributed by atoms with van der Waals surface area (Å²) in [6.45, 7) is 6.77. The van der Waals surface area contributed by atoms with Gasteiger partial charge >= 0.3 is 0 Å². The van der Waals surface area contributed by atoms with Gasteiger partial charge in [-0.25, -0.2) is 0 Å². The van der Waals surface area contributed by atoms with E-state index in [4.69, 9.17) is 0 Å². The van der Waals surface area contributed by atoms with Crippen LogP contribution in [0.5, 0.6) is 0 Å². The van der Waals surface area contributed by atoms with Crippen LogP contribution in [0, 0.1) is 20.8 Å². The van der Waals surface area contributed by atoms with Gasteiger partial charge in [0.15, 0.2) is 0 Å². The lowest BCUT2D eigenvalue weighted by molar-refractivity contribution is 0.0730. The van der Waals surface area contributed by atoms with Crippen molar-refractivity contribution in [2.75, 3.05) is 0 Å². The number of carbonyl (C=O) groups excluding carboxylic acids is 1. The second kappa shape index (κ2) is 7.55. The molecule has 1 amide bonds. The van der Waals surface area contributed by atoms with E-state index < -0.39 is 0 Å². The second-order valence-electron chi connectivity index (χ2n) is 8.46. The molecule has 31 heavy (non-hydrogen) atoms. The van der Waals surface area contributed by atoms with Gasteiger partial charge < -0.3 is 4.90 Å². The lowest BCUT2D eigenvalue weighted by atomic mass is 9.95. The molecule has 0 saturated heterocycles. The average molecular weight is 408 g/mol. The molecule has 3 aromatic carbocycles. The molecule has 1 atom stereocenters. The maximum absolute atomic E-state index is 13.5. The lowest BCUT2D eigenvalue weighted by Gasteiger charge is -2.26. The Labute approximate surface area is 182 Å². The van der Waals surface area contributed by atoms with Crippen LogP contribution in [0.15, 0.2) is 72.8 Å². The number of aromatic nitrogens is 2. The smallest absolute Gasteiger partial charge is 0.273 e. The molecule has 1 unspecified atom stereocenters. The van der Waals surface area contributed by atoms with E-state index in [0.29, 0.717) is 12.2 Å². The van der Waals surface area contributed by atoms with Gasteiger partial charge in [-0.05, 0) is 31.9 Å². The van der Waals surface area contributed by atoms with Gasteiger partial charge in [-0.3, -0.25) is 9.89 Å². The number of fused-ring (bicyclic) bond motifs is 1. The highest BCUT2D eigenvalue weighted by molar-refractivity contribution is 6.00. The lowest BCUT2D eigenvalue weighted by Crippen LogP contribution is -2.29. The first kappa shape index (κ1) is 19.3. The molecule has 0 bridgehead atoms. The van der Waals surface area contributed by atoms with E-state index in [0.717, 1.165) is 27.9 Å². The van der Waals surface area contributed by atoms with Crippen molar-refractivity contribution in [1.29, 1.82) is 0 Å². The van der Waals surface area contributed by atoms with E-state index in [-0.39, 0.29) is 11.9 Å². The molecule has 1 aromatic heterocycles. The largest absolute Gasteiger partial charge is 0.322 e. The first-order valence-electron chi connectivity index (χ1n) is 10.6. The number of hydrogen-bond donors (Lipinski definition) is 1. The van der Waals surface area contributed by atoms with Crippen molar-refractivity contribution in [3.8, 4) is 11.3 Å². The Kier molecular flexibility index (Phi) is 4.70. The van der Waals surface area contributed by atoms with Crippen molar-refractivity contribution >= 4 is 5.91 Å². The van der Waals surface area contributed by atoms with Crippen LogP contribution in [-0.2, 0) is 6.54 Å². The van der Waals surface area contributed by atoms with Crippen LogP contribution < -0.4 is 0 Å². The van der Waals surface area contributed by atoms with E-state index in [1.165, 1.54) is 16.7 Å². The summed E-state index contributed by atoms with van der Waals surface area (Å²) in [5.74, 6) is -0.00740. The molecule has 154 valence electrons. The predicted octanol–water partition coefficient (Wildman–Crippen LogP) is 5.75. The zero-order valence-corrected chi connectivity index (χ0v) is 18.0. The van der Waals surface area contributed by atoms with Crippen LogP contribution in [0.25, 0.3) is 11.3 Å². The summed E-state index contributed by atoms with van der Waals surface area (Å²) in [6.07, 6.45) is 0. The minimum Gasteiger partial charge on any atom is -0.322 e. The second-order valence-corrected chi connectivity index (χ2v) is 8.46. The third-order valence-corrected chi connectivity index (χ3v) is 6.06. The highest BCUT2D eigenvalue weighted by Gasteiger charge is 2.42. The van der Waals surface area contributed by atoms with Crippen molar-refractivity contribution in [3.63, 3.8) is 0 Å². The summed E-state index contributed by atoms with van der Waals surface area (Å²) in [6, 6.07) is 25.0. The van der Waals surface area contributed by atoms with Crippen LogP contribution >= 0.6 is 0 Å². The molecule has 1 aliphatic rings. The van der Waals surface area contributed by atoms with Crippen molar-refractivity contribution in [2.24, 2.45) is 0 Å². The zero-order chi connectivity index (χ0) is 21.5. The van der Waals surface area contributed by atoms with Gasteiger partial charge in [0.2, 0.25) is 0 Å². The predicted molar refractivity (Wildman–Crippen MR) is 123 cm³/mol. The monoisotopic (exact) mass is 407 g/mol. The number of aryl methyl sites for hydroxylation is 3. The van der Waals surface area contributed by atoms with E-state index in [9.17, 15) is 4.79 Å². The van der Waals surface area contributed by atoms with Gasteiger partial charge in [0, 0.05) is 17.7 Å². The Hall–Kier alpha value is -3.66. The molecular formula is C27H25N3O. The van der Waals surface area contributed by atoms with Gasteiger partial charge in [-0.1, -0.05) is 89.5 Å². The van der Waals surface area contributed by atoms with Gasteiger partial charge in [0.05, 0.1) is 11.7 Å². The maximum atomic E-state index is 13.5. The SMILES string of the molecule is Cc1ccc(CN2C(=O)c3[nH]nc(-c4ccc(C)cc4)c3C2c2ccc(C)cc2)cc1. The number of carbonyl (C=O) groups is 1. The zero-order valence-electron chi connectivity index (χ0n) is 18.0. The number of H-pyrrole nitrogens is 1. The molecule has 4 nitrogen and oxygen atoms in total. The van der Waals surface area contributed by atoms with E-state index in [2.05, 4.69) is 104 Å². The van der Waals surface area contributed by atoms with Crippen LogP contribution in [0.1, 0.15) is 49.9 Å². The fourth-order valence-corrected chi connectivity index (χ4v) is 4.28. The number of rotatable bonds is 4. The molecular weight excluding hydrogens is 382 g/mol. The fraction of sp³-hybridized carbons (Fsp3) is 0.185. The molecule has 5 rings (SSSR count). The molecule has 1 N–H and O–H groups in total. The summed E-state index contributed by atoms with van der Waals surface area (Å²) in [5.41, 5.74) is 9.24. The fourth-order valence-electron chi connectivity index (χ4n) is 4.28. The average Bonchev–Trinajstić information content (AvgIpc) is 3.31. The molecule has 0 aliphatic carbocycles. The third kappa shape index (κ3) is 3.44. The number of nitrogens with zero attached hydrogens (tertiary/aromatic N) is 2. The number of amides is 1. The van der Waals surface area contributed by atoms with Crippen molar-refractivity contribution < 1.29 is 4.79 Å². The van der Waals surface area contributed by atoms with Crippen LogP contribution in [-0.4, -0.2) is 21.0 Å². The normalized spacial score (nSPS) is 15.4. The Bertz CT molecular complexity index is 1240. The highest BCUT2D eigenvalue weighted by atomic mass is 16.2. The van der Waals surface area contributed by atoms with Gasteiger partial charge in [-0.15, -0.1) is 0 Å². The molecule has 4 heteroatoms. The summed E-state index contributed by atoms with van der Waals surface area (Å²) in [4.78, 5) is 15.4. The van der Waals surface area contributed by atoms with Crippen molar-refractivity contribution in [1.82, 2.24) is 15.1 Å². The summed E-state index contributed by atoms with van der Waals surface area (Å²) in [7, 11) is 0. The third-order valence-electron chi connectivity index (χ3n) is 6.06. The molecule has 0 radical (unpaired) electrons. The highest BCUT2D eigenvalue weighted by Crippen LogP contribution is 2.43. The van der Waals surface area contributed by atoms with E-state index >= 15 is 0 Å². The van der Waals surface area contributed by atoms with Gasteiger partial charge in [0.1, 0.15) is 5.69 Å². The van der Waals surface area contributed by atoms with Crippen LogP contribution in [0.3, 0.4) is 0 Å². The van der Waals surface area contributed by atoms with Crippen LogP contribution in [0.2, 0.25) is 0 Å². The summed E-state index contributed by atoms with van der Waals surface area (Å²) >= 11 is 0. The van der Waals surface area contributed by atoms with Gasteiger partial charge in [0.25, 0.3) is 5.91 Å². The maximum Gasteiger partial charge on any atom is 0.273 e. The van der Waals surface area contributed by atoms with Crippen molar-refractivity contribution in [2.45, 2.75) is 33.4 Å². The van der Waals surface area contributed by atoms with Crippen molar-refractivity contribution in [3.05, 3.63) is 112 Å². The molecule has 0 fully saturated rings. The molecule has 0 spiro atoms. The molecule has 4 aromatic rings. The Morgan fingerprint density at radius 2 is 1.35 bits per heavy atom. The van der Waals surface area contributed by atoms with Gasteiger partial charge in [-0.2, -0.15) is 5.10 Å². The quantitative estimate of drug-likeness (QED) is 0.468. The Balaban J connectivity index is 1.63. The molecule has 0 saturated carbocycles. The Morgan fingerprint density at radius 3 is 1.97 bits per heavy atom. The van der Waals surface area contributed by atoms with E-state index in [1.54, 1.807) is 0 Å². The molecule has 1 aliphatic heterocycles. The topological polar surface area (TPSA) is 49.0 Å². The number of aromatic amines is 1. The van der Waals surface area contributed by atoms with E-state index in [1.807, 2.05) is 4.90 Å². The summed E-state index contributed by atoms with van der Waals surface area (Å²) < 4.78 is 0. The number of nitrogens with one attached hydrogen (secondary N) is 1. The molecule has 2 heterocycles. The minimum atomic E-state index is -0.181. The first-order chi connectivity index (χ1) is 15.0. The first-order valence-corrected chi connectivity index (χ1v) is 10.6. The van der Waals surface area contributed by atoms with Crippen LogP contribution in [0.4, 0.5) is 0 Å². The minimum absolute atomic E-state index is 0.00740. The Morgan fingerprint density at radius 1 is 0.806 bits per heavy atom. The standard InChI is InChI=1S/C27H25N3O/c1-17-4-10-20(11-5-17)16-30-26(22-14-8-19(3)9-15-22)23-24(28-29-25(23)27(30)31)21-12-6-18(2)7-13-21/h4-15,26H,16H2,1-3H3,(H,28,29). The number of hydrogen-bond acceptors (Lipinski definition) is 2. The number of benzene rings is 3. The summed E-state index contributed by atoms with van der Waals surface area (Å²) in [5, 5.41) is 7.61.